The molecule has 0 aliphatic carbocycles. The standard InChI is InChI=1S/C15H20N2O2.ClH/c1-10(16)8-13-11(2)17(9-15(18)19-3)14-7-5-4-6-12(13)14;/h4-7,10H,8-9,16H2,1-3H3;1H. The van der Waals surface area contributed by atoms with Crippen LogP contribution in [0.3, 0.4) is 0 Å². The lowest BCUT2D eigenvalue weighted by Crippen LogP contribution is -2.18. The number of hydrogen-bond donors (Lipinski definition) is 1. The quantitative estimate of drug-likeness (QED) is 0.882. The maximum absolute atomic E-state index is 11.5. The summed E-state index contributed by atoms with van der Waals surface area (Å²) in [6.45, 7) is 4.26. The van der Waals surface area contributed by atoms with E-state index < -0.39 is 0 Å². The number of esters is 1. The van der Waals surface area contributed by atoms with Crippen LogP contribution < -0.4 is 5.73 Å². The van der Waals surface area contributed by atoms with E-state index in [1.807, 2.05) is 36.6 Å². The summed E-state index contributed by atoms with van der Waals surface area (Å²) in [5.41, 5.74) is 9.28. The third kappa shape index (κ3) is 3.14. The van der Waals surface area contributed by atoms with Crippen LogP contribution in [0.25, 0.3) is 10.9 Å². The van der Waals surface area contributed by atoms with Crippen molar-refractivity contribution in [3.8, 4) is 0 Å². The zero-order chi connectivity index (χ0) is 14.0. The van der Waals surface area contributed by atoms with E-state index in [0.29, 0.717) is 0 Å². The van der Waals surface area contributed by atoms with Gasteiger partial charge in [0, 0.05) is 22.6 Å². The van der Waals surface area contributed by atoms with Gasteiger partial charge in [-0.3, -0.25) is 4.79 Å². The first-order valence-corrected chi connectivity index (χ1v) is 6.43. The Hall–Kier alpha value is -1.52. The number of halogens is 1. The van der Waals surface area contributed by atoms with Gasteiger partial charge in [0.1, 0.15) is 6.54 Å². The normalized spacial score (nSPS) is 12.0. The maximum Gasteiger partial charge on any atom is 0.325 e. The van der Waals surface area contributed by atoms with Gasteiger partial charge in [0.25, 0.3) is 0 Å². The van der Waals surface area contributed by atoms with Gasteiger partial charge in [-0.2, -0.15) is 0 Å². The van der Waals surface area contributed by atoms with Gasteiger partial charge in [-0.1, -0.05) is 18.2 Å². The first-order valence-electron chi connectivity index (χ1n) is 6.43. The number of methoxy groups -OCH3 is 1. The van der Waals surface area contributed by atoms with Crippen molar-refractivity contribution in [1.29, 1.82) is 0 Å². The smallest absolute Gasteiger partial charge is 0.325 e. The van der Waals surface area contributed by atoms with Gasteiger partial charge in [0.15, 0.2) is 0 Å². The van der Waals surface area contributed by atoms with E-state index in [0.717, 1.165) is 17.6 Å². The molecule has 0 saturated carbocycles. The van der Waals surface area contributed by atoms with Crippen molar-refractivity contribution in [3.63, 3.8) is 0 Å². The van der Waals surface area contributed by atoms with Crippen molar-refractivity contribution in [2.24, 2.45) is 5.73 Å². The molecule has 1 heterocycles. The molecule has 0 saturated heterocycles. The molecule has 0 bridgehead atoms. The topological polar surface area (TPSA) is 57.2 Å². The molecule has 0 spiro atoms. The number of carbonyl (C=O) groups is 1. The van der Waals surface area contributed by atoms with Crippen LogP contribution in [0.2, 0.25) is 0 Å². The van der Waals surface area contributed by atoms with E-state index in [-0.39, 0.29) is 31.0 Å². The van der Waals surface area contributed by atoms with Crippen molar-refractivity contribution >= 4 is 29.3 Å². The second-order valence-corrected chi connectivity index (χ2v) is 4.92. The monoisotopic (exact) mass is 296 g/mol. The summed E-state index contributed by atoms with van der Waals surface area (Å²) in [4.78, 5) is 11.5. The van der Waals surface area contributed by atoms with Crippen LogP contribution in [0.5, 0.6) is 0 Å². The summed E-state index contributed by atoms with van der Waals surface area (Å²) in [5.74, 6) is -0.240. The number of fused-ring (bicyclic) bond motifs is 1. The van der Waals surface area contributed by atoms with Gasteiger partial charge >= 0.3 is 5.97 Å². The van der Waals surface area contributed by atoms with E-state index in [9.17, 15) is 4.79 Å². The van der Waals surface area contributed by atoms with Crippen LogP contribution in [0.1, 0.15) is 18.2 Å². The summed E-state index contributed by atoms with van der Waals surface area (Å²) >= 11 is 0. The van der Waals surface area contributed by atoms with E-state index >= 15 is 0 Å². The summed E-state index contributed by atoms with van der Waals surface area (Å²) in [6.07, 6.45) is 0.806. The van der Waals surface area contributed by atoms with Gasteiger partial charge in [0.05, 0.1) is 7.11 Å². The van der Waals surface area contributed by atoms with E-state index in [1.54, 1.807) is 0 Å². The lowest BCUT2D eigenvalue weighted by molar-refractivity contribution is -0.141. The Morgan fingerprint density at radius 3 is 2.65 bits per heavy atom. The van der Waals surface area contributed by atoms with E-state index in [2.05, 4.69) is 6.07 Å². The van der Waals surface area contributed by atoms with Crippen LogP contribution in [0.15, 0.2) is 24.3 Å². The van der Waals surface area contributed by atoms with Crippen molar-refractivity contribution in [2.75, 3.05) is 7.11 Å². The highest BCUT2D eigenvalue weighted by Crippen LogP contribution is 2.26. The molecule has 110 valence electrons. The molecule has 0 aliphatic heterocycles. The fraction of sp³-hybridized carbons (Fsp3) is 0.400. The summed E-state index contributed by atoms with van der Waals surface area (Å²) in [6, 6.07) is 8.18. The van der Waals surface area contributed by atoms with Gasteiger partial charge in [-0.05, 0) is 31.9 Å². The molecule has 1 aromatic carbocycles. The molecule has 2 N–H and O–H groups in total. The predicted octanol–water partition coefficient (Wildman–Crippen LogP) is 2.43. The van der Waals surface area contributed by atoms with Gasteiger partial charge in [-0.15, -0.1) is 12.4 Å². The summed E-state index contributed by atoms with van der Waals surface area (Å²) in [5, 5.41) is 1.17. The number of nitrogens with two attached hydrogens (primary N) is 1. The molecule has 20 heavy (non-hydrogen) atoms. The average Bonchev–Trinajstić information content (AvgIpc) is 2.64. The third-order valence-electron chi connectivity index (χ3n) is 3.40. The lowest BCUT2D eigenvalue weighted by atomic mass is 10.0. The number of aromatic nitrogens is 1. The Bertz CT molecular complexity index is 605. The zero-order valence-corrected chi connectivity index (χ0v) is 12.9. The molecular weight excluding hydrogens is 276 g/mol. The maximum atomic E-state index is 11.5. The second kappa shape index (κ2) is 6.77. The highest BCUT2D eigenvalue weighted by Gasteiger charge is 2.16. The van der Waals surface area contributed by atoms with Crippen LogP contribution in [0.4, 0.5) is 0 Å². The third-order valence-corrected chi connectivity index (χ3v) is 3.40. The van der Waals surface area contributed by atoms with Crippen LogP contribution >= 0.6 is 12.4 Å². The molecule has 5 heteroatoms. The van der Waals surface area contributed by atoms with Gasteiger partial charge in [-0.25, -0.2) is 0 Å². The number of hydrogen-bond acceptors (Lipinski definition) is 3. The lowest BCUT2D eigenvalue weighted by Gasteiger charge is -2.08. The second-order valence-electron chi connectivity index (χ2n) is 4.92. The van der Waals surface area contributed by atoms with Crippen LogP contribution in [0, 0.1) is 6.92 Å². The predicted molar refractivity (Wildman–Crippen MR) is 83.3 cm³/mol. The SMILES string of the molecule is COC(=O)Cn1c(C)c(CC(C)N)c2ccccc21.Cl. The molecule has 0 aliphatic rings. The van der Waals surface area contributed by atoms with E-state index in [1.165, 1.54) is 18.1 Å². The Morgan fingerprint density at radius 1 is 1.40 bits per heavy atom. The minimum absolute atomic E-state index is 0. The number of para-hydroxylation sites is 1. The first-order chi connectivity index (χ1) is 9.04. The highest BCUT2D eigenvalue weighted by molar-refractivity contribution is 5.87. The first kappa shape index (κ1) is 16.5. The summed E-state index contributed by atoms with van der Waals surface area (Å²) < 4.78 is 6.76. The Labute approximate surface area is 125 Å². The number of ether oxygens (including phenoxy) is 1. The molecule has 2 aromatic rings. The van der Waals surface area contributed by atoms with Gasteiger partial charge < -0.3 is 15.0 Å². The molecule has 2 rings (SSSR count). The molecule has 0 fully saturated rings. The fourth-order valence-corrected chi connectivity index (χ4v) is 2.48. The summed E-state index contributed by atoms with van der Waals surface area (Å²) in [7, 11) is 1.41. The highest BCUT2D eigenvalue weighted by atomic mass is 35.5. The fourth-order valence-electron chi connectivity index (χ4n) is 2.48. The average molecular weight is 297 g/mol. The Morgan fingerprint density at radius 2 is 2.05 bits per heavy atom. The minimum atomic E-state index is -0.240. The molecule has 1 atom stereocenters. The zero-order valence-electron chi connectivity index (χ0n) is 12.1. The number of rotatable bonds is 4. The number of nitrogens with zero attached hydrogens (tertiary/aromatic N) is 1. The molecular formula is C15H21ClN2O2. The Kier molecular flexibility index (Phi) is 5.60. The van der Waals surface area contributed by atoms with Gasteiger partial charge in [0.2, 0.25) is 0 Å². The van der Waals surface area contributed by atoms with Crippen molar-refractivity contribution in [3.05, 3.63) is 35.5 Å². The molecule has 1 aromatic heterocycles. The molecule has 0 amide bonds. The molecule has 0 radical (unpaired) electrons. The Balaban J connectivity index is 0.00000200. The molecule has 1 unspecified atom stereocenters. The largest absolute Gasteiger partial charge is 0.468 e. The van der Waals surface area contributed by atoms with Crippen molar-refractivity contribution in [2.45, 2.75) is 32.9 Å². The van der Waals surface area contributed by atoms with Crippen LogP contribution in [-0.4, -0.2) is 23.7 Å². The van der Waals surface area contributed by atoms with Crippen molar-refractivity contribution < 1.29 is 9.53 Å². The van der Waals surface area contributed by atoms with E-state index in [4.69, 9.17) is 10.5 Å². The molecule has 4 nitrogen and oxygen atoms in total. The van der Waals surface area contributed by atoms with Crippen molar-refractivity contribution in [1.82, 2.24) is 4.57 Å². The number of carbonyl (C=O) groups excluding carboxylic acids is 1. The van der Waals surface area contributed by atoms with Crippen LogP contribution in [-0.2, 0) is 22.5 Å². The number of benzene rings is 1. The minimum Gasteiger partial charge on any atom is -0.468 e.